The minimum atomic E-state index is 0.688. The van der Waals surface area contributed by atoms with Crippen LogP contribution in [0.4, 0.5) is 5.82 Å². The van der Waals surface area contributed by atoms with Crippen LogP contribution < -0.4 is 5.32 Å². The molecule has 0 unspecified atom stereocenters. The highest BCUT2D eigenvalue weighted by Crippen LogP contribution is 2.16. The molecule has 5 nitrogen and oxygen atoms in total. The molecule has 1 N–H and O–H groups in total. The minimum Gasteiger partial charge on any atom is -0.370 e. The fourth-order valence-corrected chi connectivity index (χ4v) is 1.67. The first-order valence-corrected chi connectivity index (χ1v) is 6.34. The zero-order valence-corrected chi connectivity index (χ0v) is 11.1. The largest absolute Gasteiger partial charge is 0.370 e. The molecule has 2 heterocycles. The van der Waals surface area contributed by atoms with Crippen LogP contribution in [0.3, 0.4) is 0 Å². The zero-order valence-electron chi connectivity index (χ0n) is 11.1. The topological polar surface area (TPSA) is 55.6 Å². The second-order valence-corrected chi connectivity index (χ2v) is 4.22. The quantitative estimate of drug-likeness (QED) is 0.878. The first-order chi connectivity index (χ1) is 8.72. The summed E-state index contributed by atoms with van der Waals surface area (Å²) in [5.41, 5.74) is 1.84. The number of hydrogen-bond acceptors (Lipinski definition) is 4. The van der Waals surface area contributed by atoms with Crippen molar-refractivity contribution in [3.63, 3.8) is 0 Å². The fraction of sp³-hybridized carbons (Fsp3) is 0.462. The fourth-order valence-electron chi connectivity index (χ4n) is 1.67. The van der Waals surface area contributed by atoms with Crippen LogP contribution in [0.1, 0.15) is 26.0 Å². The van der Waals surface area contributed by atoms with Gasteiger partial charge in [0.2, 0.25) is 0 Å². The monoisotopic (exact) mass is 245 g/mol. The highest BCUT2D eigenvalue weighted by molar-refractivity contribution is 5.52. The van der Waals surface area contributed by atoms with Crippen molar-refractivity contribution >= 4 is 5.82 Å². The van der Waals surface area contributed by atoms with Gasteiger partial charge in [-0.2, -0.15) is 5.10 Å². The van der Waals surface area contributed by atoms with Crippen molar-refractivity contribution in [2.24, 2.45) is 7.05 Å². The Labute approximate surface area is 107 Å². The van der Waals surface area contributed by atoms with E-state index in [9.17, 15) is 0 Å². The van der Waals surface area contributed by atoms with Crippen LogP contribution in [-0.2, 0) is 13.5 Å². The van der Waals surface area contributed by atoms with Crippen molar-refractivity contribution in [1.29, 1.82) is 0 Å². The second kappa shape index (κ2) is 5.62. The number of anilines is 1. The Hall–Kier alpha value is -1.91. The van der Waals surface area contributed by atoms with Crippen LogP contribution in [0.25, 0.3) is 11.5 Å². The van der Waals surface area contributed by atoms with Gasteiger partial charge in [0.1, 0.15) is 11.5 Å². The first-order valence-electron chi connectivity index (χ1n) is 6.34. The van der Waals surface area contributed by atoms with E-state index in [0.717, 1.165) is 36.6 Å². The Morgan fingerprint density at radius 2 is 2.11 bits per heavy atom. The van der Waals surface area contributed by atoms with Crippen molar-refractivity contribution in [3.05, 3.63) is 24.0 Å². The third-order valence-corrected chi connectivity index (χ3v) is 2.64. The van der Waals surface area contributed by atoms with E-state index in [-0.39, 0.29) is 0 Å². The van der Waals surface area contributed by atoms with Crippen LogP contribution in [0.15, 0.2) is 18.3 Å². The maximum Gasteiger partial charge on any atom is 0.182 e. The molecule has 0 aliphatic heterocycles. The van der Waals surface area contributed by atoms with Crippen molar-refractivity contribution < 1.29 is 0 Å². The van der Waals surface area contributed by atoms with E-state index in [1.807, 2.05) is 25.4 Å². The molecule has 0 aliphatic rings. The molecule has 2 aromatic heterocycles. The molecule has 0 saturated carbocycles. The summed E-state index contributed by atoms with van der Waals surface area (Å²) in [7, 11) is 1.89. The smallest absolute Gasteiger partial charge is 0.182 e. The number of nitrogens with zero attached hydrogens (tertiary/aromatic N) is 4. The summed E-state index contributed by atoms with van der Waals surface area (Å²) in [6.45, 7) is 5.14. The lowest BCUT2D eigenvalue weighted by Gasteiger charge is -2.07. The molecule has 96 valence electrons. The van der Waals surface area contributed by atoms with Crippen LogP contribution in [0.5, 0.6) is 0 Å². The summed E-state index contributed by atoms with van der Waals surface area (Å²) in [6, 6.07) is 3.93. The standard InChI is InChI=1S/C13H19N5/c1-4-7-14-12-9-10(5-2)15-13(16-12)11-6-8-18(3)17-11/h6,8-9H,4-5,7H2,1-3H3,(H,14,15,16). The molecular weight excluding hydrogens is 226 g/mol. The number of nitrogens with one attached hydrogen (secondary N) is 1. The van der Waals surface area contributed by atoms with Crippen LogP contribution in [-0.4, -0.2) is 26.3 Å². The average molecular weight is 245 g/mol. The molecule has 0 radical (unpaired) electrons. The maximum absolute atomic E-state index is 4.52. The lowest BCUT2D eigenvalue weighted by atomic mass is 10.3. The normalized spacial score (nSPS) is 10.6. The van der Waals surface area contributed by atoms with E-state index >= 15 is 0 Å². The average Bonchev–Trinajstić information content (AvgIpc) is 2.82. The highest BCUT2D eigenvalue weighted by Gasteiger charge is 2.08. The lowest BCUT2D eigenvalue weighted by molar-refractivity contribution is 0.768. The van der Waals surface area contributed by atoms with Gasteiger partial charge >= 0.3 is 0 Å². The molecule has 0 saturated heterocycles. The highest BCUT2D eigenvalue weighted by atomic mass is 15.3. The number of aryl methyl sites for hydroxylation is 2. The van der Waals surface area contributed by atoms with Gasteiger partial charge in [-0.25, -0.2) is 9.97 Å². The molecule has 0 spiro atoms. The Morgan fingerprint density at radius 1 is 1.28 bits per heavy atom. The van der Waals surface area contributed by atoms with Crippen molar-refractivity contribution in [3.8, 4) is 11.5 Å². The van der Waals surface area contributed by atoms with E-state index in [0.29, 0.717) is 5.82 Å². The van der Waals surface area contributed by atoms with Gasteiger partial charge < -0.3 is 5.32 Å². The third-order valence-electron chi connectivity index (χ3n) is 2.64. The van der Waals surface area contributed by atoms with Gasteiger partial charge in [-0.3, -0.25) is 4.68 Å². The van der Waals surface area contributed by atoms with E-state index in [2.05, 4.69) is 34.2 Å². The second-order valence-electron chi connectivity index (χ2n) is 4.22. The summed E-state index contributed by atoms with van der Waals surface area (Å²) in [6.07, 6.45) is 3.87. The first kappa shape index (κ1) is 12.5. The van der Waals surface area contributed by atoms with Crippen LogP contribution in [0, 0.1) is 0 Å². The molecule has 18 heavy (non-hydrogen) atoms. The number of rotatable bonds is 5. The van der Waals surface area contributed by atoms with Crippen molar-refractivity contribution in [1.82, 2.24) is 19.7 Å². The Balaban J connectivity index is 2.34. The van der Waals surface area contributed by atoms with E-state index in [1.54, 1.807) is 4.68 Å². The minimum absolute atomic E-state index is 0.688. The lowest BCUT2D eigenvalue weighted by Crippen LogP contribution is -2.05. The summed E-state index contributed by atoms with van der Waals surface area (Å²) in [5.74, 6) is 1.57. The number of aromatic nitrogens is 4. The van der Waals surface area contributed by atoms with Gasteiger partial charge in [0, 0.05) is 31.5 Å². The Morgan fingerprint density at radius 3 is 2.72 bits per heavy atom. The van der Waals surface area contributed by atoms with Crippen LogP contribution in [0.2, 0.25) is 0 Å². The third kappa shape index (κ3) is 2.85. The van der Waals surface area contributed by atoms with E-state index in [1.165, 1.54) is 0 Å². The predicted molar refractivity (Wildman–Crippen MR) is 72.4 cm³/mol. The molecule has 0 aliphatic carbocycles. The SMILES string of the molecule is CCCNc1cc(CC)nc(-c2ccn(C)n2)n1. The maximum atomic E-state index is 4.52. The van der Waals surface area contributed by atoms with Crippen molar-refractivity contribution in [2.45, 2.75) is 26.7 Å². The molecule has 0 fully saturated rings. The summed E-state index contributed by atoms with van der Waals surface area (Å²) < 4.78 is 1.76. The van der Waals surface area contributed by atoms with Gasteiger partial charge in [-0.15, -0.1) is 0 Å². The zero-order chi connectivity index (χ0) is 13.0. The Bertz CT molecular complexity index is 518. The summed E-state index contributed by atoms with van der Waals surface area (Å²) in [4.78, 5) is 9.02. The molecule has 0 bridgehead atoms. The molecule has 0 amide bonds. The van der Waals surface area contributed by atoms with Crippen LogP contribution >= 0.6 is 0 Å². The molecule has 2 rings (SSSR count). The summed E-state index contributed by atoms with van der Waals surface area (Å²) >= 11 is 0. The molecule has 0 aromatic carbocycles. The van der Waals surface area contributed by atoms with E-state index < -0.39 is 0 Å². The van der Waals surface area contributed by atoms with E-state index in [4.69, 9.17) is 0 Å². The van der Waals surface area contributed by atoms with Gasteiger partial charge in [0.25, 0.3) is 0 Å². The summed E-state index contributed by atoms with van der Waals surface area (Å²) in [5, 5.41) is 7.64. The Kier molecular flexibility index (Phi) is 3.92. The molecule has 2 aromatic rings. The molecule has 5 heteroatoms. The molecule has 0 atom stereocenters. The van der Waals surface area contributed by atoms with Crippen molar-refractivity contribution in [2.75, 3.05) is 11.9 Å². The predicted octanol–water partition coefficient (Wildman–Crippen LogP) is 2.26. The van der Waals surface area contributed by atoms with Gasteiger partial charge in [-0.05, 0) is 18.9 Å². The number of hydrogen-bond donors (Lipinski definition) is 1. The van der Waals surface area contributed by atoms with Gasteiger partial charge in [0.05, 0.1) is 0 Å². The molecular formula is C13H19N5. The van der Waals surface area contributed by atoms with Gasteiger partial charge in [-0.1, -0.05) is 13.8 Å². The van der Waals surface area contributed by atoms with Gasteiger partial charge in [0.15, 0.2) is 5.82 Å².